The molecule has 0 saturated carbocycles. The molecular weight excluding hydrogens is 192 g/mol. The highest BCUT2D eigenvalue weighted by atomic mass is 16.2. The smallest absolute Gasteiger partial charge is 0.289 e. The van der Waals surface area contributed by atoms with Gasteiger partial charge < -0.3 is 15.2 Å². The van der Waals surface area contributed by atoms with Gasteiger partial charge in [0.2, 0.25) is 0 Å². The lowest BCUT2D eigenvalue weighted by atomic mass is 10.1. The van der Waals surface area contributed by atoms with Crippen molar-refractivity contribution in [1.82, 2.24) is 14.5 Å². The largest absolute Gasteiger partial charge is 0.336 e. The molecule has 1 saturated heterocycles. The van der Waals surface area contributed by atoms with Crippen LogP contribution >= 0.6 is 0 Å². The van der Waals surface area contributed by atoms with Crippen molar-refractivity contribution in [3.05, 3.63) is 18.2 Å². The third kappa shape index (κ3) is 2.02. The Balaban J connectivity index is 2.06. The summed E-state index contributed by atoms with van der Waals surface area (Å²) in [5, 5.41) is 0. The van der Waals surface area contributed by atoms with Crippen LogP contribution in [0.3, 0.4) is 0 Å². The number of rotatable bonds is 1. The van der Waals surface area contributed by atoms with E-state index in [2.05, 4.69) is 4.98 Å². The van der Waals surface area contributed by atoms with Crippen LogP contribution in [0.25, 0.3) is 0 Å². The maximum absolute atomic E-state index is 12.0. The van der Waals surface area contributed by atoms with Gasteiger partial charge in [-0.05, 0) is 12.8 Å². The number of hydrogen-bond acceptors (Lipinski definition) is 3. The Hall–Kier alpha value is -1.36. The van der Waals surface area contributed by atoms with Gasteiger partial charge in [0.25, 0.3) is 5.91 Å². The summed E-state index contributed by atoms with van der Waals surface area (Å²) in [6.07, 6.45) is 5.19. The van der Waals surface area contributed by atoms with E-state index in [0.717, 1.165) is 25.9 Å². The molecule has 0 radical (unpaired) electrons. The van der Waals surface area contributed by atoms with E-state index in [-0.39, 0.29) is 11.9 Å². The number of nitrogens with zero attached hydrogens (tertiary/aromatic N) is 3. The molecule has 15 heavy (non-hydrogen) atoms. The van der Waals surface area contributed by atoms with E-state index in [4.69, 9.17) is 5.73 Å². The lowest BCUT2D eigenvalue weighted by molar-refractivity contribution is 0.0698. The number of imidazole rings is 1. The van der Waals surface area contributed by atoms with Gasteiger partial charge in [-0.1, -0.05) is 0 Å². The average molecular weight is 208 g/mol. The van der Waals surface area contributed by atoms with E-state index in [1.54, 1.807) is 17.0 Å². The Kier molecular flexibility index (Phi) is 2.73. The minimum absolute atomic E-state index is 0.00870. The minimum atomic E-state index is 0.00870. The molecule has 1 aromatic heterocycles. The van der Waals surface area contributed by atoms with Crippen LogP contribution < -0.4 is 5.73 Å². The summed E-state index contributed by atoms with van der Waals surface area (Å²) < 4.78 is 1.75. The van der Waals surface area contributed by atoms with E-state index in [1.165, 1.54) is 0 Å². The maximum atomic E-state index is 12.0. The van der Waals surface area contributed by atoms with Gasteiger partial charge in [-0.2, -0.15) is 0 Å². The first kappa shape index (κ1) is 10.2. The number of carbonyl (C=O) groups excluding carboxylic acids is 1. The molecule has 5 heteroatoms. The van der Waals surface area contributed by atoms with Gasteiger partial charge in [0, 0.05) is 38.6 Å². The Morgan fingerprint density at radius 1 is 1.53 bits per heavy atom. The molecular formula is C10H16N4O. The van der Waals surface area contributed by atoms with Crippen molar-refractivity contribution in [3.8, 4) is 0 Å². The van der Waals surface area contributed by atoms with Crippen LogP contribution in [-0.2, 0) is 7.05 Å². The van der Waals surface area contributed by atoms with Gasteiger partial charge in [-0.3, -0.25) is 4.79 Å². The standard InChI is InChI=1S/C10H16N4O/c1-13-7-4-12-9(13)10(15)14-5-2-8(11)3-6-14/h4,7-8H,2-3,5-6,11H2,1H3. The molecule has 1 fully saturated rings. The molecule has 0 bridgehead atoms. The van der Waals surface area contributed by atoms with Crippen molar-refractivity contribution in [1.29, 1.82) is 0 Å². The summed E-state index contributed by atoms with van der Waals surface area (Å²) in [6, 6.07) is 0.246. The molecule has 82 valence electrons. The monoisotopic (exact) mass is 208 g/mol. The fraction of sp³-hybridized carbons (Fsp3) is 0.600. The predicted octanol–water partition coefficient (Wildman–Crippen LogP) is -0.0166. The first-order valence-corrected chi connectivity index (χ1v) is 5.20. The van der Waals surface area contributed by atoms with Crippen LogP contribution in [0.1, 0.15) is 23.5 Å². The van der Waals surface area contributed by atoms with Gasteiger partial charge in [0.1, 0.15) is 0 Å². The van der Waals surface area contributed by atoms with Crippen LogP contribution in [0.5, 0.6) is 0 Å². The second kappa shape index (κ2) is 4.02. The molecule has 0 unspecified atom stereocenters. The molecule has 0 aliphatic carbocycles. The van der Waals surface area contributed by atoms with E-state index in [1.807, 2.05) is 11.9 Å². The first-order chi connectivity index (χ1) is 7.18. The van der Waals surface area contributed by atoms with Gasteiger partial charge in [-0.25, -0.2) is 4.98 Å². The number of nitrogens with two attached hydrogens (primary N) is 1. The molecule has 1 amide bonds. The van der Waals surface area contributed by atoms with E-state index in [9.17, 15) is 4.79 Å². The molecule has 5 nitrogen and oxygen atoms in total. The second-order valence-electron chi connectivity index (χ2n) is 3.99. The average Bonchev–Trinajstić information content (AvgIpc) is 2.65. The Morgan fingerprint density at radius 2 is 2.20 bits per heavy atom. The second-order valence-corrected chi connectivity index (χ2v) is 3.99. The molecule has 2 rings (SSSR count). The fourth-order valence-electron chi connectivity index (χ4n) is 1.82. The normalized spacial score (nSPS) is 18.1. The lowest BCUT2D eigenvalue weighted by Crippen LogP contribution is -2.43. The fourth-order valence-corrected chi connectivity index (χ4v) is 1.82. The zero-order valence-electron chi connectivity index (χ0n) is 8.89. The van der Waals surface area contributed by atoms with E-state index < -0.39 is 0 Å². The number of aromatic nitrogens is 2. The topological polar surface area (TPSA) is 64.2 Å². The lowest BCUT2D eigenvalue weighted by Gasteiger charge is -2.29. The number of hydrogen-bond donors (Lipinski definition) is 1. The van der Waals surface area contributed by atoms with Gasteiger partial charge >= 0.3 is 0 Å². The van der Waals surface area contributed by atoms with Gasteiger partial charge in [0.15, 0.2) is 5.82 Å². The van der Waals surface area contributed by atoms with Gasteiger partial charge in [0.05, 0.1) is 0 Å². The summed E-state index contributed by atoms with van der Waals surface area (Å²) in [5.41, 5.74) is 5.79. The van der Waals surface area contributed by atoms with Crippen molar-refractivity contribution in [2.75, 3.05) is 13.1 Å². The summed E-state index contributed by atoms with van der Waals surface area (Å²) in [5.74, 6) is 0.514. The van der Waals surface area contributed by atoms with Crippen LogP contribution in [0.4, 0.5) is 0 Å². The Bertz CT molecular complexity index is 352. The Morgan fingerprint density at radius 3 is 2.73 bits per heavy atom. The summed E-state index contributed by atoms with van der Waals surface area (Å²) in [7, 11) is 1.83. The first-order valence-electron chi connectivity index (χ1n) is 5.20. The third-order valence-electron chi connectivity index (χ3n) is 2.84. The number of aryl methyl sites for hydroxylation is 1. The van der Waals surface area contributed by atoms with E-state index >= 15 is 0 Å². The molecule has 1 aliphatic rings. The summed E-state index contributed by atoms with van der Waals surface area (Å²) >= 11 is 0. The quantitative estimate of drug-likeness (QED) is 0.705. The van der Waals surface area contributed by atoms with Crippen LogP contribution in [0.2, 0.25) is 0 Å². The number of likely N-dealkylation sites (tertiary alicyclic amines) is 1. The zero-order valence-corrected chi connectivity index (χ0v) is 8.89. The zero-order chi connectivity index (χ0) is 10.8. The van der Waals surface area contributed by atoms with Crippen molar-refractivity contribution >= 4 is 5.91 Å². The predicted molar refractivity (Wildman–Crippen MR) is 56.3 cm³/mol. The van der Waals surface area contributed by atoms with Crippen molar-refractivity contribution in [2.24, 2.45) is 12.8 Å². The van der Waals surface area contributed by atoms with E-state index in [0.29, 0.717) is 5.82 Å². The number of piperidine rings is 1. The molecule has 0 aromatic carbocycles. The van der Waals surface area contributed by atoms with Crippen molar-refractivity contribution in [2.45, 2.75) is 18.9 Å². The van der Waals surface area contributed by atoms with Crippen LogP contribution in [0, 0.1) is 0 Å². The highest BCUT2D eigenvalue weighted by molar-refractivity contribution is 5.90. The maximum Gasteiger partial charge on any atom is 0.289 e. The minimum Gasteiger partial charge on any atom is -0.336 e. The van der Waals surface area contributed by atoms with Crippen molar-refractivity contribution < 1.29 is 4.79 Å². The summed E-state index contributed by atoms with van der Waals surface area (Å²) in [6.45, 7) is 1.49. The highest BCUT2D eigenvalue weighted by Crippen LogP contribution is 2.11. The number of carbonyl (C=O) groups is 1. The molecule has 1 aromatic rings. The molecule has 1 aliphatic heterocycles. The Labute approximate surface area is 88.9 Å². The third-order valence-corrected chi connectivity index (χ3v) is 2.84. The molecule has 0 spiro atoms. The van der Waals surface area contributed by atoms with Crippen molar-refractivity contribution in [3.63, 3.8) is 0 Å². The summed E-state index contributed by atoms with van der Waals surface area (Å²) in [4.78, 5) is 17.9. The molecule has 2 N–H and O–H groups in total. The van der Waals surface area contributed by atoms with Crippen LogP contribution in [-0.4, -0.2) is 39.5 Å². The molecule has 0 atom stereocenters. The SMILES string of the molecule is Cn1ccnc1C(=O)N1CCC(N)CC1. The molecule has 2 heterocycles. The van der Waals surface area contributed by atoms with Crippen LogP contribution in [0.15, 0.2) is 12.4 Å². The van der Waals surface area contributed by atoms with Gasteiger partial charge in [-0.15, -0.1) is 0 Å². The number of amides is 1. The highest BCUT2D eigenvalue weighted by Gasteiger charge is 2.23.